The Balaban J connectivity index is 1.78. The highest BCUT2D eigenvalue weighted by Gasteiger charge is 2.24. The van der Waals surface area contributed by atoms with Crippen molar-refractivity contribution >= 4 is 45.6 Å². The summed E-state index contributed by atoms with van der Waals surface area (Å²) in [6, 6.07) is 8.82. The Morgan fingerprint density at radius 1 is 1.08 bits per heavy atom. The van der Waals surface area contributed by atoms with Gasteiger partial charge in [0.2, 0.25) is 0 Å². The minimum atomic E-state index is -1.00. The van der Waals surface area contributed by atoms with Crippen molar-refractivity contribution in [1.29, 1.82) is 0 Å². The number of thioether (sulfide) groups is 1. The van der Waals surface area contributed by atoms with E-state index in [0.29, 0.717) is 10.4 Å². The van der Waals surface area contributed by atoms with Crippen molar-refractivity contribution in [2.75, 3.05) is 0 Å². The molecule has 1 fully saturated rings. The molecule has 0 saturated carbocycles. The number of hydrogen-bond acceptors (Lipinski definition) is 5. The van der Waals surface area contributed by atoms with Crippen LogP contribution < -0.4 is 5.32 Å². The lowest BCUT2D eigenvalue weighted by molar-refractivity contribution is 0.265. The van der Waals surface area contributed by atoms with E-state index in [-0.39, 0.29) is 16.8 Å². The number of carbonyl (C=O) groups excluding carboxylic acids is 1. The van der Waals surface area contributed by atoms with E-state index in [2.05, 4.69) is 20.3 Å². The number of para-hydroxylation sites is 1. The molecule has 1 amide bonds. The Morgan fingerprint density at radius 3 is 2.77 bits per heavy atom. The number of amides is 1. The average molecular weight is 368 g/mol. The molecule has 1 aliphatic heterocycles. The van der Waals surface area contributed by atoms with Gasteiger partial charge in [-0.2, -0.15) is 0 Å². The van der Waals surface area contributed by atoms with Crippen LogP contribution in [0.2, 0.25) is 0 Å². The molecule has 1 saturated heterocycles. The molecule has 0 radical (unpaired) electrons. The highest BCUT2D eigenvalue weighted by molar-refractivity contribution is 8.18. The molecule has 1 N–H and O–H groups in total. The minimum Gasteiger partial charge on any atom is -0.300 e. The topological polar surface area (TPSA) is 67.2 Å². The van der Waals surface area contributed by atoms with Crippen LogP contribution in [-0.4, -0.2) is 21.0 Å². The van der Waals surface area contributed by atoms with E-state index >= 15 is 0 Å². The van der Waals surface area contributed by atoms with Gasteiger partial charge in [0, 0.05) is 24.0 Å². The van der Waals surface area contributed by atoms with Gasteiger partial charge in [-0.1, -0.05) is 12.1 Å². The molecular formula is C18H10F2N4OS. The van der Waals surface area contributed by atoms with Crippen molar-refractivity contribution in [3.05, 3.63) is 70.9 Å². The first-order chi connectivity index (χ1) is 12.6. The molecule has 0 aliphatic carbocycles. The van der Waals surface area contributed by atoms with Crippen molar-refractivity contribution in [3.63, 3.8) is 0 Å². The van der Waals surface area contributed by atoms with Crippen LogP contribution in [0, 0.1) is 11.6 Å². The fourth-order valence-corrected chi connectivity index (χ4v) is 3.20. The number of fused-ring (bicyclic) bond motifs is 1. The van der Waals surface area contributed by atoms with Gasteiger partial charge in [0.1, 0.15) is 5.84 Å². The number of nitrogens with zero attached hydrogens (tertiary/aromatic N) is 3. The lowest BCUT2D eigenvalue weighted by Gasteiger charge is -2.03. The van der Waals surface area contributed by atoms with Crippen LogP contribution in [0.25, 0.3) is 17.1 Å². The molecule has 26 heavy (non-hydrogen) atoms. The predicted molar refractivity (Wildman–Crippen MR) is 97.1 cm³/mol. The van der Waals surface area contributed by atoms with Gasteiger partial charge in [-0.05, 0) is 36.0 Å². The second-order valence-corrected chi connectivity index (χ2v) is 6.37. The zero-order valence-electron chi connectivity index (χ0n) is 13.1. The van der Waals surface area contributed by atoms with E-state index in [0.717, 1.165) is 35.0 Å². The molecule has 5 nitrogen and oxygen atoms in total. The van der Waals surface area contributed by atoms with Gasteiger partial charge in [-0.25, -0.2) is 13.8 Å². The maximum Gasteiger partial charge on any atom is 0.289 e. The quantitative estimate of drug-likeness (QED) is 0.726. The smallest absolute Gasteiger partial charge is 0.289 e. The molecule has 0 bridgehead atoms. The monoisotopic (exact) mass is 368 g/mol. The Bertz CT molecular complexity index is 1090. The van der Waals surface area contributed by atoms with Crippen molar-refractivity contribution < 1.29 is 13.6 Å². The van der Waals surface area contributed by atoms with Gasteiger partial charge in [-0.3, -0.25) is 14.8 Å². The fourth-order valence-electron chi connectivity index (χ4n) is 2.47. The van der Waals surface area contributed by atoms with Crippen LogP contribution in [0.3, 0.4) is 0 Å². The molecule has 0 atom stereocenters. The number of halogens is 2. The standard InChI is InChI=1S/C18H10F2N4OS/c19-12-5-4-11(9-13(12)20)23-17-15(26-18(25)24-17)8-10-2-1-3-14-16(10)22-7-6-21-14/h1-9H,(H,23,24,25). The lowest BCUT2D eigenvalue weighted by atomic mass is 10.1. The van der Waals surface area contributed by atoms with Gasteiger partial charge in [-0.15, -0.1) is 0 Å². The van der Waals surface area contributed by atoms with Gasteiger partial charge in [0.15, 0.2) is 11.6 Å². The molecular weight excluding hydrogens is 358 g/mol. The third-order valence-corrected chi connectivity index (χ3v) is 4.44. The van der Waals surface area contributed by atoms with E-state index in [1.807, 2.05) is 18.2 Å². The molecule has 0 unspecified atom stereocenters. The van der Waals surface area contributed by atoms with Crippen LogP contribution in [0.15, 0.2) is 58.7 Å². The number of aromatic nitrogens is 2. The third-order valence-electron chi connectivity index (χ3n) is 3.62. The first-order valence-electron chi connectivity index (χ1n) is 7.54. The minimum absolute atomic E-state index is 0.199. The molecule has 2 heterocycles. The van der Waals surface area contributed by atoms with Crippen LogP contribution in [0.5, 0.6) is 0 Å². The summed E-state index contributed by atoms with van der Waals surface area (Å²) >= 11 is 0.968. The Morgan fingerprint density at radius 2 is 1.92 bits per heavy atom. The molecule has 1 aromatic heterocycles. The number of amidine groups is 1. The predicted octanol–water partition coefficient (Wildman–Crippen LogP) is 4.44. The first-order valence-corrected chi connectivity index (χ1v) is 8.36. The van der Waals surface area contributed by atoms with E-state index < -0.39 is 11.6 Å². The largest absolute Gasteiger partial charge is 0.300 e. The molecule has 1 aliphatic rings. The van der Waals surface area contributed by atoms with Crippen molar-refractivity contribution in [2.24, 2.45) is 4.99 Å². The highest BCUT2D eigenvalue weighted by Crippen LogP contribution is 2.30. The van der Waals surface area contributed by atoms with Crippen LogP contribution in [0.4, 0.5) is 19.3 Å². The number of carbonyl (C=O) groups is 1. The third kappa shape index (κ3) is 3.18. The average Bonchev–Trinajstić information content (AvgIpc) is 2.97. The Labute approximate surface area is 150 Å². The Hall–Kier alpha value is -3.13. The number of nitrogens with one attached hydrogen (secondary N) is 1. The van der Waals surface area contributed by atoms with Crippen LogP contribution >= 0.6 is 11.8 Å². The van der Waals surface area contributed by atoms with Crippen molar-refractivity contribution in [1.82, 2.24) is 15.3 Å². The molecule has 128 valence electrons. The van der Waals surface area contributed by atoms with Crippen molar-refractivity contribution in [2.45, 2.75) is 0 Å². The van der Waals surface area contributed by atoms with Gasteiger partial charge >= 0.3 is 0 Å². The molecule has 2 aromatic carbocycles. The SMILES string of the molecule is O=C1NC(=Nc2ccc(F)c(F)c2)C(=Cc2cccc3nccnc23)S1. The van der Waals surface area contributed by atoms with Crippen LogP contribution in [0.1, 0.15) is 5.56 Å². The summed E-state index contributed by atoms with van der Waals surface area (Å²) in [5.41, 5.74) is 2.38. The molecule has 0 spiro atoms. The lowest BCUT2D eigenvalue weighted by Crippen LogP contribution is -2.18. The van der Waals surface area contributed by atoms with Gasteiger partial charge in [0.25, 0.3) is 5.24 Å². The highest BCUT2D eigenvalue weighted by atomic mass is 32.2. The van der Waals surface area contributed by atoms with E-state index in [9.17, 15) is 13.6 Å². The summed E-state index contributed by atoms with van der Waals surface area (Å²) in [6.45, 7) is 0. The molecule has 3 aromatic rings. The second kappa shape index (κ2) is 6.64. The summed E-state index contributed by atoms with van der Waals surface area (Å²) in [6.07, 6.45) is 4.95. The van der Waals surface area contributed by atoms with Crippen LogP contribution in [-0.2, 0) is 0 Å². The number of benzene rings is 2. The van der Waals surface area contributed by atoms with Crippen molar-refractivity contribution in [3.8, 4) is 0 Å². The summed E-state index contributed by atoms with van der Waals surface area (Å²) in [5.74, 6) is -1.69. The molecule has 4 rings (SSSR count). The number of rotatable bonds is 2. The maximum atomic E-state index is 13.4. The van der Waals surface area contributed by atoms with E-state index in [1.54, 1.807) is 18.5 Å². The van der Waals surface area contributed by atoms with Gasteiger partial charge < -0.3 is 5.32 Å². The zero-order chi connectivity index (χ0) is 18.1. The Kier molecular flexibility index (Phi) is 4.18. The fraction of sp³-hybridized carbons (Fsp3) is 0. The van der Waals surface area contributed by atoms with E-state index in [4.69, 9.17) is 0 Å². The zero-order valence-corrected chi connectivity index (χ0v) is 13.9. The summed E-state index contributed by atoms with van der Waals surface area (Å²) in [4.78, 5) is 25.1. The van der Waals surface area contributed by atoms with E-state index in [1.165, 1.54) is 6.07 Å². The number of hydrogen-bond donors (Lipinski definition) is 1. The normalized spacial score (nSPS) is 17.2. The maximum absolute atomic E-state index is 13.4. The summed E-state index contributed by atoms with van der Waals surface area (Å²) in [5, 5.41) is 2.31. The second-order valence-electron chi connectivity index (χ2n) is 5.35. The van der Waals surface area contributed by atoms with Gasteiger partial charge in [0.05, 0.1) is 21.6 Å². The summed E-state index contributed by atoms with van der Waals surface area (Å²) < 4.78 is 26.4. The summed E-state index contributed by atoms with van der Waals surface area (Å²) in [7, 11) is 0. The number of aliphatic imine (C=N–C) groups is 1. The molecule has 8 heteroatoms. The first kappa shape index (κ1) is 16.3.